The van der Waals surface area contributed by atoms with E-state index in [0.29, 0.717) is 21.8 Å². The van der Waals surface area contributed by atoms with Crippen LogP contribution >= 0.6 is 23.1 Å². The van der Waals surface area contributed by atoms with Crippen LogP contribution in [0, 0.1) is 11.2 Å². The van der Waals surface area contributed by atoms with E-state index >= 15 is 0 Å². The molecule has 0 saturated heterocycles. The van der Waals surface area contributed by atoms with Crippen molar-refractivity contribution in [1.82, 2.24) is 9.97 Å². The molecule has 112 valence electrons. The second-order valence-corrected chi connectivity index (χ2v) is 6.38. The predicted molar refractivity (Wildman–Crippen MR) is 88.8 cm³/mol. The first kappa shape index (κ1) is 14.7. The number of thiophene rings is 1. The predicted octanol–water partition coefficient (Wildman–Crippen LogP) is 2.92. The molecular formula is C14H11FN4OS2. The van der Waals surface area contributed by atoms with E-state index in [1.807, 2.05) is 5.38 Å². The largest absolute Gasteiger partial charge is 0.379 e. The Morgan fingerprint density at radius 1 is 1.41 bits per heavy atom. The molecule has 1 aromatic carbocycles. The SMILES string of the molecule is N=C(N)SCc1nc2scc(-c3ccc(F)cc3)c2c(=O)[nH]1. The third-order valence-corrected chi connectivity index (χ3v) is 4.61. The van der Waals surface area contributed by atoms with Gasteiger partial charge in [0.2, 0.25) is 0 Å². The monoisotopic (exact) mass is 334 g/mol. The molecular weight excluding hydrogens is 323 g/mol. The molecule has 0 radical (unpaired) electrons. The first-order valence-corrected chi connectivity index (χ1v) is 8.14. The lowest BCUT2D eigenvalue weighted by Crippen LogP contribution is -2.12. The fourth-order valence-electron chi connectivity index (χ4n) is 2.05. The van der Waals surface area contributed by atoms with Gasteiger partial charge in [0, 0.05) is 10.9 Å². The van der Waals surface area contributed by atoms with Gasteiger partial charge >= 0.3 is 0 Å². The smallest absolute Gasteiger partial charge is 0.260 e. The van der Waals surface area contributed by atoms with Crippen molar-refractivity contribution in [3.05, 3.63) is 51.6 Å². The standard InChI is InChI=1S/C14H11FN4OS2/c15-8-3-1-7(2-4-8)9-5-21-13-11(9)12(20)18-10(19-13)6-22-14(16)17/h1-5H,6H2,(H3,16,17)(H,18,19,20). The average molecular weight is 334 g/mol. The third-order valence-electron chi connectivity index (χ3n) is 3.01. The Labute approximate surface area is 132 Å². The first-order valence-electron chi connectivity index (χ1n) is 6.28. The number of aromatic nitrogens is 2. The quantitative estimate of drug-likeness (QED) is 0.507. The molecule has 3 aromatic rings. The highest BCUT2D eigenvalue weighted by Crippen LogP contribution is 2.30. The van der Waals surface area contributed by atoms with Crippen LogP contribution < -0.4 is 11.3 Å². The molecule has 0 amide bonds. The average Bonchev–Trinajstić information content (AvgIpc) is 2.90. The number of rotatable bonds is 3. The van der Waals surface area contributed by atoms with E-state index in [0.717, 1.165) is 22.9 Å². The number of amidine groups is 1. The van der Waals surface area contributed by atoms with Gasteiger partial charge in [0.1, 0.15) is 16.5 Å². The van der Waals surface area contributed by atoms with E-state index in [1.165, 1.54) is 23.5 Å². The van der Waals surface area contributed by atoms with Gasteiger partial charge in [0.15, 0.2) is 5.17 Å². The Bertz CT molecular complexity index is 901. The maximum atomic E-state index is 13.0. The van der Waals surface area contributed by atoms with Crippen LogP contribution in [-0.2, 0) is 5.75 Å². The lowest BCUT2D eigenvalue weighted by Gasteiger charge is -2.02. The minimum Gasteiger partial charge on any atom is -0.379 e. The van der Waals surface area contributed by atoms with Crippen LogP contribution in [0.5, 0.6) is 0 Å². The molecule has 0 aliphatic rings. The maximum absolute atomic E-state index is 13.0. The molecule has 0 aliphatic heterocycles. The van der Waals surface area contributed by atoms with Gasteiger partial charge in [-0.15, -0.1) is 11.3 Å². The molecule has 0 atom stereocenters. The van der Waals surface area contributed by atoms with E-state index in [1.54, 1.807) is 12.1 Å². The van der Waals surface area contributed by atoms with Gasteiger partial charge in [0.25, 0.3) is 5.56 Å². The highest BCUT2D eigenvalue weighted by atomic mass is 32.2. The van der Waals surface area contributed by atoms with E-state index < -0.39 is 0 Å². The Morgan fingerprint density at radius 2 is 2.14 bits per heavy atom. The van der Waals surface area contributed by atoms with Crippen molar-refractivity contribution in [3.8, 4) is 11.1 Å². The molecule has 2 aromatic heterocycles. The maximum Gasteiger partial charge on any atom is 0.260 e. The zero-order valence-electron chi connectivity index (χ0n) is 11.2. The molecule has 5 nitrogen and oxygen atoms in total. The lowest BCUT2D eigenvalue weighted by atomic mass is 10.1. The molecule has 0 unspecified atom stereocenters. The highest BCUT2D eigenvalue weighted by Gasteiger charge is 2.13. The summed E-state index contributed by atoms with van der Waals surface area (Å²) in [5.74, 6) is 0.494. The molecule has 8 heteroatoms. The molecule has 0 fully saturated rings. The van der Waals surface area contributed by atoms with Crippen LogP contribution in [0.4, 0.5) is 4.39 Å². The van der Waals surface area contributed by atoms with Gasteiger partial charge in [-0.3, -0.25) is 10.2 Å². The highest BCUT2D eigenvalue weighted by molar-refractivity contribution is 8.13. The first-order chi connectivity index (χ1) is 10.5. The summed E-state index contributed by atoms with van der Waals surface area (Å²) in [4.78, 5) is 20.0. The third kappa shape index (κ3) is 2.88. The van der Waals surface area contributed by atoms with Crippen molar-refractivity contribution in [1.29, 1.82) is 5.41 Å². The summed E-state index contributed by atoms with van der Waals surface area (Å²) in [6.45, 7) is 0. The number of nitrogens with zero attached hydrogens (tertiary/aromatic N) is 1. The van der Waals surface area contributed by atoms with Crippen molar-refractivity contribution in [2.45, 2.75) is 5.75 Å². The number of thioether (sulfide) groups is 1. The summed E-state index contributed by atoms with van der Waals surface area (Å²) in [5.41, 5.74) is 6.54. The van der Waals surface area contributed by atoms with E-state index in [4.69, 9.17) is 11.1 Å². The zero-order chi connectivity index (χ0) is 15.7. The number of hydrogen-bond acceptors (Lipinski definition) is 5. The van der Waals surface area contributed by atoms with Crippen molar-refractivity contribution in [3.63, 3.8) is 0 Å². The minimum absolute atomic E-state index is 0.0269. The number of hydrogen-bond donors (Lipinski definition) is 3. The molecule has 22 heavy (non-hydrogen) atoms. The van der Waals surface area contributed by atoms with Gasteiger partial charge in [0.05, 0.1) is 11.1 Å². The number of nitrogens with one attached hydrogen (secondary N) is 2. The molecule has 0 spiro atoms. The molecule has 0 aliphatic carbocycles. The van der Waals surface area contributed by atoms with Gasteiger partial charge in [-0.1, -0.05) is 23.9 Å². The van der Waals surface area contributed by atoms with Crippen molar-refractivity contribution in [2.24, 2.45) is 5.73 Å². The van der Waals surface area contributed by atoms with E-state index in [-0.39, 0.29) is 16.5 Å². The molecule has 3 rings (SSSR count). The molecule has 2 heterocycles. The summed E-state index contributed by atoms with van der Waals surface area (Å²) >= 11 is 2.45. The minimum atomic E-state index is -0.320. The van der Waals surface area contributed by atoms with Gasteiger partial charge in [-0.2, -0.15) is 0 Å². The fraction of sp³-hybridized carbons (Fsp3) is 0.0714. The normalized spacial score (nSPS) is 11.0. The Balaban J connectivity index is 2.06. The van der Waals surface area contributed by atoms with Crippen LogP contribution in [-0.4, -0.2) is 15.1 Å². The van der Waals surface area contributed by atoms with Crippen LogP contribution in [0.3, 0.4) is 0 Å². The van der Waals surface area contributed by atoms with Gasteiger partial charge in [-0.05, 0) is 17.7 Å². The number of halogens is 1. The van der Waals surface area contributed by atoms with Crippen molar-refractivity contribution >= 4 is 38.5 Å². The van der Waals surface area contributed by atoms with Crippen LogP contribution in [0.25, 0.3) is 21.3 Å². The van der Waals surface area contributed by atoms with Gasteiger partial charge in [-0.25, -0.2) is 9.37 Å². The Kier molecular flexibility index (Phi) is 3.95. The Hall–Kier alpha value is -2.19. The van der Waals surface area contributed by atoms with Crippen LogP contribution in [0.1, 0.15) is 5.82 Å². The van der Waals surface area contributed by atoms with E-state index in [2.05, 4.69) is 9.97 Å². The molecule has 0 bridgehead atoms. The number of H-pyrrole nitrogens is 1. The summed E-state index contributed by atoms with van der Waals surface area (Å²) < 4.78 is 13.0. The number of aromatic amines is 1. The number of fused-ring (bicyclic) bond motifs is 1. The second-order valence-electron chi connectivity index (χ2n) is 4.50. The molecule has 4 N–H and O–H groups in total. The summed E-state index contributed by atoms with van der Waals surface area (Å²) in [6.07, 6.45) is 0. The van der Waals surface area contributed by atoms with Crippen LogP contribution in [0.15, 0.2) is 34.4 Å². The van der Waals surface area contributed by atoms with Crippen molar-refractivity contribution in [2.75, 3.05) is 0 Å². The summed E-state index contributed by atoms with van der Waals surface area (Å²) in [6, 6.07) is 5.99. The van der Waals surface area contributed by atoms with E-state index in [9.17, 15) is 9.18 Å². The second kappa shape index (κ2) is 5.90. The summed E-state index contributed by atoms with van der Waals surface area (Å²) in [7, 11) is 0. The van der Waals surface area contributed by atoms with Crippen LogP contribution in [0.2, 0.25) is 0 Å². The Morgan fingerprint density at radius 3 is 2.82 bits per heavy atom. The zero-order valence-corrected chi connectivity index (χ0v) is 12.9. The lowest BCUT2D eigenvalue weighted by molar-refractivity contribution is 0.628. The number of nitrogens with two attached hydrogens (primary N) is 1. The van der Waals surface area contributed by atoms with Crippen molar-refractivity contribution < 1.29 is 4.39 Å². The summed E-state index contributed by atoms with van der Waals surface area (Å²) in [5, 5.41) is 9.49. The number of benzene rings is 1. The topological polar surface area (TPSA) is 95.6 Å². The van der Waals surface area contributed by atoms with Gasteiger partial charge < -0.3 is 10.7 Å². The molecule has 0 saturated carbocycles. The fourth-order valence-corrected chi connectivity index (χ4v) is 3.45.